The maximum atomic E-state index is 14.7. The van der Waals surface area contributed by atoms with Crippen molar-refractivity contribution < 1.29 is 43.1 Å². The number of aliphatic hydroxyl groups excluding tert-OH is 3. The molecule has 2 spiro atoms. The molecule has 1 aromatic carbocycles. The van der Waals surface area contributed by atoms with Gasteiger partial charge in [0, 0.05) is 53.6 Å². The van der Waals surface area contributed by atoms with Gasteiger partial charge in [-0.2, -0.15) is 13.2 Å². The standard InChI is InChI=1S/C38H50F3NO6/c1-33-11-8-26(44)18-35(33)14-15-37(29(19-35)32(46)24-5-3-6-25(17-24)38(39,40)41)30(33)9-12-34(2)31(37)10-13-36(34,47)23-42(20-27(45)22-43)21-28-7-4-16-48-28/h3,5-6,14-15,17,19,26-28,30-31,43-45,47H,4,7-13,16,18,20-23H2,1-2H3. The highest BCUT2D eigenvalue weighted by atomic mass is 19.4. The molecule has 10 atom stereocenters. The first kappa shape index (κ1) is 34.4. The van der Waals surface area contributed by atoms with Gasteiger partial charge in [-0.15, -0.1) is 0 Å². The van der Waals surface area contributed by atoms with Gasteiger partial charge in [-0.1, -0.05) is 44.2 Å². The molecule has 6 aliphatic carbocycles. The lowest BCUT2D eigenvalue weighted by molar-refractivity contribution is -0.177. The van der Waals surface area contributed by atoms with Crippen LogP contribution in [0.1, 0.15) is 87.6 Å². The molecular weight excluding hydrogens is 623 g/mol. The molecule has 3 saturated carbocycles. The SMILES string of the molecule is CC12CCC(O)CC13C=CC1(C(C(=O)c4cccc(C(F)(F)F)c4)=C3)C2CCC2(C)C1CCC2(O)CN(CC(O)CO)CC1CCCO1. The number of aliphatic hydroxyl groups is 4. The highest BCUT2D eigenvalue weighted by Crippen LogP contribution is 2.78. The summed E-state index contributed by atoms with van der Waals surface area (Å²) < 4.78 is 47.4. The van der Waals surface area contributed by atoms with Crippen molar-refractivity contribution in [3.05, 3.63) is 59.2 Å². The summed E-state index contributed by atoms with van der Waals surface area (Å²) in [7, 11) is 0. The molecule has 264 valence electrons. The Labute approximate surface area is 280 Å². The Morgan fingerprint density at radius 3 is 2.50 bits per heavy atom. The molecule has 1 heterocycles. The molecule has 4 fully saturated rings. The molecular formula is C38H50F3NO6. The molecule has 0 amide bonds. The minimum Gasteiger partial charge on any atom is -0.394 e. The van der Waals surface area contributed by atoms with Crippen LogP contribution in [-0.2, 0) is 10.9 Å². The third kappa shape index (κ3) is 5.02. The van der Waals surface area contributed by atoms with Gasteiger partial charge in [-0.05, 0) is 87.2 Å². The number of fused-ring (bicyclic) bond motifs is 1. The molecule has 2 bridgehead atoms. The van der Waals surface area contributed by atoms with Gasteiger partial charge >= 0.3 is 6.18 Å². The zero-order valence-electron chi connectivity index (χ0n) is 28.0. The number of benzene rings is 1. The van der Waals surface area contributed by atoms with Crippen LogP contribution in [0.3, 0.4) is 0 Å². The van der Waals surface area contributed by atoms with Crippen LogP contribution in [-0.4, -0.2) is 87.9 Å². The first-order valence-electron chi connectivity index (χ1n) is 17.8. The third-order valence-electron chi connectivity index (χ3n) is 14.1. The summed E-state index contributed by atoms with van der Waals surface area (Å²) in [5, 5.41) is 43.8. The summed E-state index contributed by atoms with van der Waals surface area (Å²) in [4.78, 5) is 16.7. The Morgan fingerprint density at radius 1 is 1.06 bits per heavy atom. The lowest BCUT2D eigenvalue weighted by atomic mass is 9.32. The number of ether oxygens (including phenoxy) is 1. The maximum Gasteiger partial charge on any atom is 0.416 e. The fraction of sp³-hybridized carbons (Fsp3) is 0.711. The van der Waals surface area contributed by atoms with Gasteiger partial charge in [0.2, 0.25) is 0 Å². The lowest BCUT2D eigenvalue weighted by Crippen LogP contribution is -2.67. The number of ketones is 1. The first-order chi connectivity index (χ1) is 22.6. The highest BCUT2D eigenvalue weighted by Gasteiger charge is 2.74. The average molecular weight is 674 g/mol. The summed E-state index contributed by atoms with van der Waals surface area (Å²) in [6, 6.07) is 4.69. The molecule has 0 radical (unpaired) electrons. The summed E-state index contributed by atoms with van der Waals surface area (Å²) in [6.45, 7) is 5.66. The zero-order chi connectivity index (χ0) is 34.3. The van der Waals surface area contributed by atoms with Crippen molar-refractivity contribution in [2.75, 3.05) is 32.8 Å². The monoisotopic (exact) mass is 673 g/mol. The second-order valence-electron chi connectivity index (χ2n) is 16.4. The number of nitrogens with zero attached hydrogens (tertiary/aromatic N) is 1. The van der Waals surface area contributed by atoms with Crippen molar-refractivity contribution in [3.8, 4) is 0 Å². The van der Waals surface area contributed by atoms with E-state index in [2.05, 4.69) is 26.0 Å². The molecule has 48 heavy (non-hydrogen) atoms. The first-order valence-corrected chi connectivity index (χ1v) is 17.8. The van der Waals surface area contributed by atoms with Gasteiger partial charge < -0.3 is 25.2 Å². The average Bonchev–Trinajstić information content (AvgIpc) is 3.65. The van der Waals surface area contributed by atoms with Crippen LogP contribution < -0.4 is 0 Å². The number of carbonyl (C=O) groups excluding carboxylic acids is 1. The maximum absolute atomic E-state index is 14.7. The van der Waals surface area contributed by atoms with E-state index in [1.165, 1.54) is 12.1 Å². The molecule has 10 unspecified atom stereocenters. The number of alkyl halides is 3. The van der Waals surface area contributed by atoms with Gasteiger partial charge in [-0.25, -0.2) is 0 Å². The van der Waals surface area contributed by atoms with E-state index >= 15 is 0 Å². The van der Waals surface area contributed by atoms with Gasteiger partial charge in [-0.3, -0.25) is 9.69 Å². The van der Waals surface area contributed by atoms with E-state index in [1.807, 2.05) is 11.0 Å². The van der Waals surface area contributed by atoms with Crippen LogP contribution in [0.2, 0.25) is 0 Å². The number of hydrogen-bond acceptors (Lipinski definition) is 7. The minimum absolute atomic E-state index is 0.000811. The van der Waals surface area contributed by atoms with E-state index < -0.39 is 58.2 Å². The fourth-order valence-electron chi connectivity index (χ4n) is 11.6. The van der Waals surface area contributed by atoms with Crippen LogP contribution in [0.4, 0.5) is 13.2 Å². The smallest absolute Gasteiger partial charge is 0.394 e. The lowest BCUT2D eigenvalue weighted by Gasteiger charge is -2.71. The van der Waals surface area contributed by atoms with E-state index in [0.717, 1.165) is 37.8 Å². The van der Waals surface area contributed by atoms with Gasteiger partial charge in [0.15, 0.2) is 5.78 Å². The number of Topliss-reactive ketones (excluding diaryl/α,β-unsaturated/α-hetero) is 1. The van der Waals surface area contributed by atoms with Gasteiger partial charge in [0.1, 0.15) is 0 Å². The Kier molecular flexibility index (Phi) is 8.41. The van der Waals surface area contributed by atoms with Crippen molar-refractivity contribution in [1.82, 2.24) is 4.90 Å². The number of rotatable bonds is 9. The largest absolute Gasteiger partial charge is 0.416 e. The molecule has 4 N–H and O–H groups in total. The topological polar surface area (TPSA) is 110 Å². The Bertz CT molecular complexity index is 1490. The minimum atomic E-state index is -4.59. The Balaban J connectivity index is 1.30. The van der Waals surface area contributed by atoms with Crippen LogP contribution >= 0.6 is 0 Å². The molecule has 8 rings (SSSR count). The van der Waals surface area contributed by atoms with E-state index in [-0.39, 0.29) is 42.0 Å². The van der Waals surface area contributed by atoms with Crippen LogP contribution in [0.5, 0.6) is 0 Å². The molecule has 10 heteroatoms. The van der Waals surface area contributed by atoms with E-state index in [9.17, 15) is 38.4 Å². The molecule has 0 aromatic heterocycles. The van der Waals surface area contributed by atoms with Gasteiger partial charge in [0.25, 0.3) is 0 Å². The van der Waals surface area contributed by atoms with Crippen molar-refractivity contribution in [3.63, 3.8) is 0 Å². The van der Waals surface area contributed by atoms with E-state index in [1.54, 1.807) is 0 Å². The molecule has 1 aliphatic heterocycles. The number of hydrogen-bond donors (Lipinski definition) is 4. The summed E-state index contributed by atoms with van der Waals surface area (Å²) in [5.74, 6) is -0.570. The quantitative estimate of drug-likeness (QED) is 0.208. The predicted molar refractivity (Wildman–Crippen MR) is 173 cm³/mol. The van der Waals surface area contributed by atoms with E-state index in [4.69, 9.17) is 4.74 Å². The van der Waals surface area contributed by atoms with Crippen molar-refractivity contribution in [1.29, 1.82) is 0 Å². The van der Waals surface area contributed by atoms with Crippen LogP contribution in [0.15, 0.2) is 48.1 Å². The normalized spacial score (nSPS) is 42.3. The molecule has 1 saturated heterocycles. The van der Waals surface area contributed by atoms with E-state index in [0.29, 0.717) is 50.8 Å². The molecule has 7 nitrogen and oxygen atoms in total. The summed E-state index contributed by atoms with van der Waals surface area (Å²) in [5.41, 5.74) is -3.85. The Morgan fingerprint density at radius 2 is 1.79 bits per heavy atom. The van der Waals surface area contributed by atoms with Crippen LogP contribution in [0.25, 0.3) is 0 Å². The Hall–Kier alpha value is -2.08. The van der Waals surface area contributed by atoms with Crippen molar-refractivity contribution in [2.24, 2.45) is 33.5 Å². The van der Waals surface area contributed by atoms with Crippen molar-refractivity contribution >= 4 is 5.78 Å². The number of carbonyl (C=O) groups is 1. The fourth-order valence-corrected chi connectivity index (χ4v) is 11.6. The molecule has 7 aliphatic rings. The molecule has 1 aromatic rings. The van der Waals surface area contributed by atoms with Crippen molar-refractivity contribution in [2.45, 2.75) is 102 Å². The second-order valence-corrected chi connectivity index (χ2v) is 16.4. The summed E-state index contributed by atoms with van der Waals surface area (Å²) in [6.07, 6.45) is 6.50. The van der Waals surface area contributed by atoms with Gasteiger partial charge in [0.05, 0.1) is 36.1 Å². The zero-order valence-corrected chi connectivity index (χ0v) is 28.0. The summed E-state index contributed by atoms with van der Waals surface area (Å²) >= 11 is 0. The second kappa shape index (κ2) is 11.7. The van der Waals surface area contributed by atoms with Crippen LogP contribution in [0, 0.1) is 33.5 Å². The third-order valence-corrected chi connectivity index (χ3v) is 14.1. The predicted octanol–water partition coefficient (Wildman–Crippen LogP) is 5.31. The highest BCUT2D eigenvalue weighted by molar-refractivity contribution is 6.10. The number of halogens is 3. The number of allylic oxidation sites excluding steroid dienone is 4.